The van der Waals surface area contributed by atoms with Crippen LogP contribution in [0.15, 0.2) is 0 Å². The molecule has 0 spiro atoms. The van der Waals surface area contributed by atoms with Gasteiger partial charge in [-0.05, 0) is 24.2 Å². The number of aliphatic hydroxyl groups excluding tert-OH is 2. The van der Waals surface area contributed by atoms with Gasteiger partial charge in [0.2, 0.25) is 0 Å². The van der Waals surface area contributed by atoms with Gasteiger partial charge in [0.05, 0.1) is 18.3 Å². The molecule has 3 aliphatic rings. The van der Waals surface area contributed by atoms with Crippen molar-refractivity contribution in [1.82, 2.24) is 0 Å². The topological polar surface area (TPSA) is 69.9 Å². The van der Waals surface area contributed by atoms with Gasteiger partial charge in [-0.3, -0.25) is 0 Å². The van der Waals surface area contributed by atoms with E-state index in [9.17, 15) is 15.3 Å². The van der Waals surface area contributed by atoms with E-state index in [1.807, 2.05) is 13.8 Å². The summed E-state index contributed by atoms with van der Waals surface area (Å²) in [5.74, 6) is -0.439. The first-order valence-electron chi connectivity index (χ1n) is 7.33. The molecule has 0 radical (unpaired) electrons. The summed E-state index contributed by atoms with van der Waals surface area (Å²) < 4.78 is 5.56. The summed E-state index contributed by atoms with van der Waals surface area (Å²) in [5, 5.41) is 32.2. The first kappa shape index (κ1) is 13.8. The van der Waals surface area contributed by atoms with Crippen LogP contribution in [0, 0.1) is 28.6 Å². The number of rotatable bonds is 0. The molecule has 2 aliphatic carbocycles. The highest BCUT2D eigenvalue weighted by Gasteiger charge is 2.73. The normalized spacial score (nSPS) is 59.8. The Morgan fingerprint density at radius 2 is 1.79 bits per heavy atom. The van der Waals surface area contributed by atoms with Crippen LogP contribution in [0.5, 0.6) is 0 Å². The molecule has 1 saturated heterocycles. The summed E-state index contributed by atoms with van der Waals surface area (Å²) >= 11 is 0. The van der Waals surface area contributed by atoms with Crippen LogP contribution in [-0.2, 0) is 4.74 Å². The van der Waals surface area contributed by atoms with Gasteiger partial charge in [-0.2, -0.15) is 0 Å². The van der Waals surface area contributed by atoms with Crippen LogP contribution in [0.2, 0.25) is 0 Å². The second kappa shape index (κ2) is 3.73. The van der Waals surface area contributed by atoms with E-state index in [4.69, 9.17) is 4.74 Å². The summed E-state index contributed by atoms with van der Waals surface area (Å²) in [7, 11) is 0. The van der Waals surface area contributed by atoms with Crippen LogP contribution in [0.4, 0.5) is 0 Å². The van der Waals surface area contributed by atoms with Crippen molar-refractivity contribution in [2.75, 3.05) is 6.61 Å². The molecule has 7 atom stereocenters. The molecular formula is C15H26O4. The van der Waals surface area contributed by atoms with Gasteiger partial charge in [0, 0.05) is 17.3 Å². The molecule has 0 bridgehead atoms. The zero-order valence-corrected chi connectivity index (χ0v) is 12.3. The molecule has 0 aromatic carbocycles. The van der Waals surface area contributed by atoms with Crippen LogP contribution in [0.25, 0.3) is 0 Å². The Morgan fingerprint density at radius 3 is 2.42 bits per heavy atom. The van der Waals surface area contributed by atoms with Crippen molar-refractivity contribution in [3.05, 3.63) is 0 Å². The fraction of sp³-hybridized carbons (Fsp3) is 1.00. The standard InChI is InChI=1S/C15H26O4/c1-8-5-9(16)11-13(2,3)6-14(4)7-19-12(17)10(8)15(11,14)18/h8-12,16-18H,5-7H2,1-4H3/t8-,9+,10-,11+,12+,14-,15-/m1/s1. The van der Waals surface area contributed by atoms with E-state index < -0.39 is 18.0 Å². The number of hydrogen-bond donors (Lipinski definition) is 3. The number of hydrogen-bond acceptors (Lipinski definition) is 4. The smallest absolute Gasteiger partial charge is 0.160 e. The average molecular weight is 270 g/mol. The predicted octanol–water partition coefficient (Wildman–Crippen LogP) is 1.14. The van der Waals surface area contributed by atoms with Crippen LogP contribution < -0.4 is 0 Å². The van der Waals surface area contributed by atoms with Crippen LogP contribution >= 0.6 is 0 Å². The Balaban J connectivity index is 2.16. The second-order valence-corrected chi connectivity index (χ2v) is 8.04. The summed E-state index contributed by atoms with van der Waals surface area (Å²) in [6.45, 7) is 8.62. The van der Waals surface area contributed by atoms with E-state index in [0.29, 0.717) is 13.0 Å². The highest BCUT2D eigenvalue weighted by atomic mass is 16.6. The zero-order chi connectivity index (χ0) is 14.2. The van der Waals surface area contributed by atoms with E-state index in [1.54, 1.807) is 0 Å². The molecular weight excluding hydrogens is 244 g/mol. The van der Waals surface area contributed by atoms with Crippen molar-refractivity contribution in [2.45, 2.75) is 58.5 Å². The lowest BCUT2D eigenvalue weighted by Gasteiger charge is -2.59. The Morgan fingerprint density at radius 1 is 1.16 bits per heavy atom. The molecule has 3 rings (SSSR count). The minimum Gasteiger partial charge on any atom is -0.393 e. The Kier molecular flexibility index (Phi) is 2.71. The van der Waals surface area contributed by atoms with Crippen molar-refractivity contribution in [1.29, 1.82) is 0 Å². The van der Waals surface area contributed by atoms with Gasteiger partial charge in [-0.15, -0.1) is 0 Å². The van der Waals surface area contributed by atoms with Gasteiger partial charge in [0.1, 0.15) is 0 Å². The summed E-state index contributed by atoms with van der Waals surface area (Å²) in [6, 6.07) is 0. The SMILES string of the molecule is C[C@@H]1C[C@H](O)[C@H]2C(C)(C)C[C@]3(C)CO[C@H](O)[C@@H]1[C@@]23O. The van der Waals surface area contributed by atoms with E-state index in [2.05, 4.69) is 13.8 Å². The monoisotopic (exact) mass is 270 g/mol. The summed E-state index contributed by atoms with van der Waals surface area (Å²) in [5.41, 5.74) is -1.57. The maximum Gasteiger partial charge on any atom is 0.160 e. The van der Waals surface area contributed by atoms with Crippen molar-refractivity contribution in [2.24, 2.45) is 28.6 Å². The van der Waals surface area contributed by atoms with E-state index >= 15 is 0 Å². The average Bonchev–Trinajstić information content (AvgIpc) is 2.38. The molecule has 0 unspecified atom stereocenters. The maximum absolute atomic E-state index is 11.5. The van der Waals surface area contributed by atoms with Gasteiger partial charge in [-0.25, -0.2) is 0 Å². The molecule has 4 nitrogen and oxygen atoms in total. The summed E-state index contributed by atoms with van der Waals surface area (Å²) in [6.07, 6.45) is 0.0153. The molecule has 3 fully saturated rings. The second-order valence-electron chi connectivity index (χ2n) is 8.04. The number of aliphatic hydroxyl groups is 3. The van der Waals surface area contributed by atoms with Gasteiger partial charge < -0.3 is 20.1 Å². The van der Waals surface area contributed by atoms with Crippen molar-refractivity contribution < 1.29 is 20.1 Å². The first-order chi connectivity index (χ1) is 8.63. The quantitative estimate of drug-likeness (QED) is 0.617. The minimum atomic E-state index is -1.04. The number of ether oxygens (including phenoxy) is 1. The fourth-order valence-electron chi connectivity index (χ4n) is 5.79. The third kappa shape index (κ3) is 1.49. The van der Waals surface area contributed by atoms with Gasteiger partial charge in [-0.1, -0.05) is 27.7 Å². The van der Waals surface area contributed by atoms with Crippen LogP contribution in [-0.4, -0.2) is 39.9 Å². The van der Waals surface area contributed by atoms with Gasteiger partial charge >= 0.3 is 0 Å². The van der Waals surface area contributed by atoms with E-state index in [1.165, 1.54) is 0 Å². The van der Waals surface area contributed by atoms with E-state index in [0.717, 1.165) is 6.42 Å². The highest BCUT2D eigenvalue weighted by molar-refractivity contribution is 5.21. The van der Waals surface area contributed by atoms with Crippen molar-refractivity contribution in [3.63, 3.8) is 0 Å². The molecule has 110 valence electrons. The molecule has 0 aromatic heterocycles. The predicted molar refractivity (Wildman–Crippen MR) is 70.2 cm³/mol. The molecule has 1 aliphatic heterocycles. The fourth-order valence-corrected chi connectivity index (χ4v) is 5.79. The zero-order valence-electron chi connectivity index (χ0n) is 12.3. The summed E-state index contributed by atoms with van der Waals surface area (Å²) in [4.78, 5) is 0. The van der Waals surface area contributed by atoms with Gasteiger partial charge in [0.25, 0.3) is 0 Å². The third-order valence-corrected chi connectivity index (χ3v) is 6.13. The Bertz CT molecular complexity index is 396. The molecule has 3 N–H and O–H groups in total. The molecule has 0 aromatic rings. The molecule has 19 heavy (non-hydrogen) atoms. The minimum absolute atomic E-state index is 0.0553. The Labute approximate surface area is 114 Å². The highest BCUT2D eigenvalue weighted by Crippen LogP contribution is 2.68. The van der Waals surface area contributed by atoms with E-state index in [-0.39, 0.29) is 28.6 Å². The van der Waals surface area contributed by atoms with Gasteiger partial charge in [0.15, 0.2) is 6.29 Å². The maximum atomic E-state index is 11.5. The molecule has 0 amide bonds. The van der Waals surface area contributed by atoms with Crippen LogP contribution in [0.3, 0.4) is 0 Å². The lowest BCUT2D eigenvalue weighted by molar-refractivity contribution is -0.317. The lowest BCUT2D eigenvalue weighted by Crippen LogP contribution is -2.68. The van der Waals surface area contributed by atoms with Crippen molar-refractivity contribution in [3.8, 4) is 0 Å². The third-order valence-electron chi connectivity index (χ3n) is 6.13. The van der Waals surface area contributed by atoms with Crippen molar-refractivity contribution >= 4 is 0 Å². The first-order valence-corrected chi connectivity index (χ1v) is 7.33. The lowest BCUT2D eigenvalue weighted by atomic mass is 9.54. The van der Waals surface area contributed by atoms with Crippen LogP contribution in [0.1, 0.15) is 40.5 Å². The molecule has 4 heteroatoms. The largest absolute Gasteiger partial charge is 0.393 e. The molecule has 2 saturated carbocycles. The molecule has 1 heterocycles. The Hall–Kier alpha value is -0.160.